The van der Waals surface area contributed by atoms with Crippen LogP contribution in [-0.4, -0.2) is 37.3 Å². The molecule has 1 atom stereocenters. The Kier molecular flexibility index (Phi) is 6.17. The normalized spacial score (nSPS) is 12.4. The molecule has 0 saturated heterocycles. The number of pyridine rings is 1. The monoisotopic (exact) mass is 353 g/mol. The Balaban J connectivity index is 1.93. The predicted molar refractivity (Wildman–Crippen MR) is 104 cm³/mol. The number of hydrogen-bond donors (Lipinski definition) is 2. The van der Waals surface area contributed by atoms with Crippen molar-refractivity contribution < 1.29 is 5.11 Å². The summed E-state index contributed by atoms with van der Waals surface area (Å²) in [6.07, 6.45) is 7.83. The molecule has 0 bridgehead atoms. The van der Waals surface area contributed by atoms with Crippen molar-refractivity contribution in [1.29, 1.82) is 0 Å². The molecule has 6 heteroatoms. The van der Waals surface area contributed by atoms with E-state index in [-0.39, 0.29) is 12.6 Å². The van der Waals surface area contributed by atoms with Crippen molar-refractivity contribution in [3.8, 4) is 0 Å². The van der Waals surface area contributed by atoms with Gasteiger partial charge >= 0.3 is 0 Å². The molecule has 3 heterocycles. The van der Waals surface area contributed by atoms with Gasteiger partial charge in [-0.3, -0.25) is 4.98 Å². The molecule has 6 nitrogen and oxygen atoms in total. The molecule has 0 radical (unpaired) electrons. The van der Waals surface area contributed by atoms with E-state index < -0.39 is 0 Å². The Morgan fingerprint density at radius 2 is 2.08 bits per heavy atom. The molecule has 0 aromatic carbocycles. The Morgan fingerprint density at radius 3 is 2.81 bits per heavy atom. The van der Waals surface area contributed by atoms with Crippen molar-refractivity contribution >= 4 is 16.9 Å². The molecule has 26 heavy (non-hydrogen) atoms. The molecule has 0 unspecified atom stereocenters. The van der Waals surface area contributed by atoms with E-state index >= 15 is 0 Å². The van der Waals surface area contributed by atoms with Crippen LogP contribution in [0.1, 0.15) is 44.1 Å². The molecular weight excluding hydrogens is 326 g/mol. The third-order valence-corrected chi connectivity index (χ3v) is 4.51. The van der Waals surface area contributed by atoms with E-state index in [1.165, 1.54) is 0 Å². The number of aryl methyl sites for hydroxylation is 1. The largest absolute Gasteiger partial charge is 0.396 e. The van der Waals surface area contributed by atoms with Gasteiger partial charge in [-0.25, -0.2) is 9.97 Å². The SMILES string of the molecule is CCCC[C@@H](CCO)Nc1nc(C)nc2ccn(Cc3ccccn3)c12. The van der Waals surface area contributed by atoms with E-state index in [1.807, 2.05) is 43.6 Å². The minimum absolute atomic E-state index is 0.170. The molecule has 3 aromatic rings. The van der Waals surface area contributed by atoms with Gasteiger partial charge in [0.05, 0.1) is 17.8 Å². The maximum absolute atomic E-state index is 9.41. The van der Waals surface area contributed by atoms with E-state index in [9.17, 15) is 5.11 Å². The van der Waals surface area contributed by atoms with Crippen LogP contribution in [0.3, 0.4) is 0 Å². The Hall–Kier alpha value is -2.47. The lowest BCUT2D eigenvalue weighted by Gasteiger charge is -2.20. The summed E-state index contributed by atoms with van der Waals surface area (Å²) in [5.74, 6) is 1.58. The summed E-state index contributed by atoms with van der Waals surface area (Å²) in [5, 5.41) is 13.0. The Labute approximate surface area is 154 Å². The molecule has 3 rings (SSSR count). The Morgan fingerprint density at radius 1 is 1.19 bits per heavy atom. The first-order valence-electron chi connectivity index (χ1n) is 9.32. The molecule has 0 saturated carbocycles. The number of anilines is 1. The van der Waals surface area contributed by atoms with Crippen molar-refractivity contribution in [2.24, 2.45) is 0 Å². The number of rotatable bonds is 9. The van der Waals surface area contributed by atoms with Crippen molar-refractivity contribution in [3.63, 3.8) is 0 Å². The zero-order chi connectivity index (χ0) is 18.4. The van der Waals surface area contributed by atoms with Crippen molar-refractivity contribution in [1.82, 2.24) is 19.5 Å². The average molecular weight is 353 g/mol. The molecule has 0 aliphatic rings. The molecule has 0 spiro atoms. The predicted octanol–water partition coefficient (Wildman–Crippen LogP) is 3.54. The zero-order valence-corrected chi connectivity index (χ0v) is 15.5. The van der Waals surface area contributed by atoms with Gasteiger partial charge in [0.25, 0.3) is 0 Å². The van der Waals surface area contributed by atoms with E-state index in [1.54, 1.807) is 0 Å². The van der Waals surface area contributed by atoms with E-state index in [0.29, 0.717) is 13.0 Å². The number of nitrogens with one attached hydrogen (secondary N) is 1. The summed E-state index contributed by atoms with van der Waals surface area (Å²) in [6, 6.07) is 8.16. The third kappa shape index (κ3) is 4.38. The molecule has 2 N–H and O–H groups in total. The summed E-state index contributed by atoms with van der Waals surface area (Å²) >= 11 is 0. The van der Waals surface area contributed by atoms with Crippen LogP contribution in [-0.2, 0) is 6.54 Å². The lowest BCUT2D eigenvalue weighted by Crippen LogP contribution is -2.22. The number of aliphatic hydroxyl groups excluding tert-OH is 1. The van der Waals surface area contributed by atoms with Crippen LogP contribution >= 0.6 is 0 Å². The second-order valence-corrected chi connectivity index (χ2v) is 6.61. The van der Waals surface area contributed by atoms with Gasteiger partial charge in [-0.05, 0) is 38.0 Å². The molecule has 0 aliphatic heterocycles. The van der Waals surface area contributed by atoms with Crippen molar-refractivity contribution in [2.45, 2.75) is 52.1 Å². The van der Waals surface area contributed by atoms with Gasteiger partial charge in [-0.15, -0.1) is 0 Å². The van der Waals surface area contributed by atoms with Gasteiger partial charge < -0.3 is 15.0 Å². The fourth-order valence-corrected chi connectivity index (χ4v) is 3.21. The maximum atomic E-state index is 9.41. The summed E-state index contributed by atoms with van der Waals surface area (Å²) in [7, 11) is 0. The standard InChI is InChI=1S/C20H27N5O/c1-3-4-7-16(10-13-26)24-20-19-18(22-15(2)23-20)9-12-25(19)14-17-8-5-6-11-21-17/h5-6,8-9,11-12,16,26H,3-4,7,10,13-14H2,1-2H3,(H,22,23,24)/t16-/m0/s1. The smallest absolute Gasteiger partial charge is 0.154 e. The highest BCUT2D eigenvalue weighted by atomic mass is 16.3. The van der Waals surface area contributed by atoms with Gasteiger partial charge in [0, 0.05) is 25.0 Å². The first kappa shape index (κ1) is 18.3. The summed E-state index contributed by atoms with van der Waals surface area (Å²) in [5.41, 5.74) is 2.91. The lowest BCUT2D eigenvalue weighted by atomic mass is 10.1. The summed E-state index contributed by atoms with van der Waals surface area (Å²) in [4.78, 5) is 13.7. The van der Waals surface area contributed by atoms with Crippen LogP contribution in [0.4, 0.5) is 5.82 Å². The van der Waals surface area contributed by atoms with Gasteiger partial charge in [0.15, 0.2) is 5.82 Å². The highest BCUT2D eigenvalue weighted by molar-refractivity contribution is 5.86. The van der Waals surface area contributed by atoms with E-state index in [0.717, 1.165) is 47.6 Å². The lowest BCUT2D eigenvalue weighted by molar-refractivity contribution is 0.276. The van der Waals surface area contributed by atoms with Crippen LogP contribution in [0, 0.1) is 6.92 Å². The fourth-order valence-electron chi connectivity index (χ4n) is 3.21. The van der Waals surface area contributed by atoms with Crippen molar-refractivity contribution in [3.05, 3.63) is 48.2 Å². The number of aliphatic hydroxyl groups is 1. The second-order valence-electron chi connectivity index (χ2n) is 6.61. The van der Waals surface area contributed by atoms with E-state index in [4.69, 9.17) is 0 Å². The topological polar surface area (TPSA) is 75.9 Å². The quantitative estimate of drug-likeness (QED) is 0.615. The molecule has 0 aliphatic carbocycles. The fraction of sp³-hybridized carbons (Fsp3) is 0.450. The maximum Gasteiger partial charge on any atom is 0.154 e. The first-order chi connectivity index (χ1) is 12.7. The highest BCUT2D eigenvalue weighted by Crippen LogP contribution is 2.24. The zero-order valence-electron chi connectivity index (χ0n) is 15.5. The summed E-state index contributed by atoms with van der Waals surface area (Å²) in [6.45, 7) is 4.93. The molecular formula is C20H27N5O. The number of hydrogen-bond acceptors (Lipinski definition) is 5. The molecule has 3 aromatic heterocycles. The number of fused-ring (bicyclic) bond motifs is 1. The minimum atomic E-state index is 0.170. The minimum Gasteiger partial charge on any atom is -0.396 e. The molecule has 0 amide bonds. The van der Waals surface area contributed by atoms with Gasteiger partial charge in [0.1, 0.15) is 11.3 Å². The van der Waals surface area contributed by atoms with Gasteiger partial charge in [-0.2, -0.15) is 0 Å². The van der Waals surface area contributed by atoms with Crippen molar-refractivity contribution in [2.75, 3.05) is 11.9 Å². The molecule has 0 fully saturated rings. The van der Waals surface area contributed by atoms with Crippen LogP contribution in [0.15, 0.2) is 36.7 Å². The van der Waals surface area contributed by atoms with Gasteiger partial charge in [0.2, 0.25) is 0 Å². The number of aromatic nitrogens is 4. The number of unbranched alkanes of at least 4 members (excludes halogenated alkanes) is 1. The van der Waals surface area contributed by atoms with E-state index in [2.05, 4.69) is 31.8 Å². The first-order valence-corrected chi connectivity index (χ1v) is 9.32. The second kappa shape index (κ2) is 8.76. The highest BCUT2D eigenvalue weighted by Gasteiger charge is 2.15. The summed E-state index contributed by atoms with van der Waals surface area (Å²) < 4.78 is 2.13. The van der Waals surface area contributed by atoms with Crippen LogP contribution in [0.2, 0.25) is 0 Å². The van der Waals surface area contributed by atoms with Crippen LogP contribution < -0.4 is 5.32 Å². The average Bonchev–Trinajstić information content (AvgIpc) is 3.03. The molecule has 138 valence electrons. The van der Waals surface area contributed by atoms with Crippen LogP contribution in [0.5, 0.6) is 0 Å². The van der Waals surface area contributed by atoms with Crippen LogP contribution in [0.25, 0.3) is 11.0 Å². The Bertz CT molecular complexity index is 831. The third-order valence-electron chi connectivity index (χ3n) is 4.51. The van der Waals surface area contributed by atoms with Gasteiger partial charge in [-0.1, -0.05) is 25.8 Å². The number of nitrogens with zero attached hydrogens (tertiary/aromatic N) is 4.